The molecule has 0 aliphatic rings. The molecule has 0 rings (SSSR count). The number of nitrogens with zero attached hydrogens (tertiary/aromatic N) is 1. The second-order valence-corrected chi connectivity index (χ2v) is 14.0. The Balaban J connectivity index is 4.40. The lowest BCUT2D eigenvalue weighted by molar-refractivity contribution is -0.881. The van der Waals surface area contributed by atoms with E-state index in [0.29, 0.717) is 43.4 Å². The van der Waals surface area contributed by atoms with Gasteiger partial charge in [-0.3, -0.25) is 18.9 Å². The molecule has 0 fully saturated rings. The number of unbranched alkanes of at least 4 members (excludes halogenated alkanes) is 19. The number of allylic oxidation sites excluding steroid dienone is 1. The molecule has 3 unspecified atom stereocenters. The van der Waals surface area contributed by atoms with Gasteiger partial charge in [0.25, 0.3) is 0 Å². The summed E-state index contributed by atoms with van der Waals surface area (Å²) in [6.07, 6.45) is 32.3. The quantitative estimate of drug-likeness (QED) is 0.0487. The Labute approximate surface area is 276 Å². The number of carboxylic acid groups (broad SMARTS) is 3. The van der Waals surface area contributed by atoms with Crippen LogP contribution >= 0.6 is 0 Å². The van der Waals surface area contributed by atoms with Gasteiger partial charge in [-0.05, 0) is 18.9 Å². The van der Waals surface area contributed by atoms with Crippen molar-refractivity contribution >= 4 is 17.9 Å². The maximum absolute atomic E-state index is 11.5. The van der Waals surface area contributed by atoms with E-state index in [4.69, 9.17) is 0 Å². The van der Waals surface area contributed by atoms with Crippen LogP contribution in [0, 0.1) is 17.8 Å². The Kier molecular flexibility index (Phi) is 27.2. The first kappa shape index (κ1) is 43.1. The SMILES string of the molecule is CCCCCCCCCCCCCCCCCCCCC/C=C/[N+](CCC(C)C(=O)O)(CCC(C)C(=O)O)CCC(C)C(=O)O. The lowest BCUT2D eigenvalue weighted by atomic mass is 10.0. The van der Waals surface area contributed by atoms with Gasteiger partial charge in [0.15, 0.2) is 0 Å². The second-order valence-electron chi connectivity index (χ2n) is 14.0. The topological polar surface area (TPSA) is 112 Å². The lowest BCUT2D eigenvalue weighted by Crippen LogP contribution is -2.47. The van der Waals surface area contributed by atoms with E-state index in [1.54, 1.807) is 20.8 Å². The van der Waals surface area contributed by atoms with Crippen LogP contribution < -0.4 is 0 Å². The average molecular weight is 639 g/mol. The third-order valence-corrected chi connectivity index (χ3v) is 9.68. The van der Waals surface area contributed by atoms with Gasteiger partial charge in [-0.15, -0.1) is 0 Å². The highest BCUT2D eigenvalue weighted by Crippen LogP contribution is 2.22. The molecule has 3 N–H and O–H groups in total. The van der Waals surface area contributed by atoms with E-state index >= 15 is 0 Å². The predicted octanol–water partition coefficient (Wildman–Crippen LogP) is 10.5. The molecule has 0 aliphatic heterocycles. The minimum Gasteiger partial charge on any atom is -0.481 e. The third kappa shape index (κ3) is 24.9. The molecule has 264 valence electrons. The molecule has 0 saturated carbocycles. The summed E-state index contributed by atoms with van der Waals surface area (Å²) in [7, 11) is 0. The fraction of sp³-hybridized carbons (Fsp3) is 0.868. The van der Waals surface area contributed by atoms with Crippen molar-refractivity contribution in [2.24, 2.45) is 17.8 Å². The molecule has 45 heavy (non-hydrogen) atoms. The van der Waals surface area contributed by atoms with E-state index in [-0.39, 0.29) is 0 Å². The molecule has 0 heterocycles. The maximum atomic E-state index is 11.5. The number of hydrogen-bond acceptors (Lipinski definition) is 3. The molecule has 0 aromatic rings. The van der Waals surface area contributed by atoms with Crippen LogP contribution in [0.1, 0.15) is 175 Å². The molecule has 0 spiro atoms. The van der Waals surface area contributed by atoms with Gasteiger partial charge in [0.2, 0.25) is 0 Å². The number of carboxylic acids is 3. The van der Waals surface area contributed by atoms with E-state index < -0.39 is 35.7 Å². The predicted molar refractivity (Wildman–Crippen MR) is 186 cm³/mol. The summed E-state index contributed by atoms with van der Waals surface area (Å²) < 4.78 is 0.436. The van der Waals surface area contributed by atoms with Crippen molar-refractivity contribution in [1.82, 2.24) is 0 Å². The molecule has 0 bridgehead atoms. The summed E-state index contributed by atoms with van der Waals surface area (Å²) >= 11 is 0. The zero-order valence-electron chi connectivity index (χ0n) is 29.8. The third-order valence-electron chi connectivity index (χ3n) is 9.68. The Hall–Kier alpha value is -1.89. The van der Waals surface area contributed by atoms with Crippen molar-refractivity contribution in [3.05, 3.63) is 12.3 Å². The standard InChI is InChI=1S/C38H71NO6/c1-5-6-7-8-9-10-11-12-13-14-15-16-17-18-19-20-21-22-23-24-25-29-39(30-26-33(2)36(40)41,31-27-34(3)37(42)43)32-28-35(4)38(44)45/h25,29,33-35H,5-24,26-28,30-32H2,1-4H3,(H2-,40,41,42,43,44,45)/p+1/b29-25+. The highest BCUT2D eigenvalue weighted by Gasteiger charge is 2.30. The Bertz CT molecular complexity index is 722. The molecule has 3 atom stereocenters. The fourth-order valence-electron chi connectivity index (χ4n) is 5.92. The van der Waals surface area contributed by atoms with E-state index in [1.807, 2.05) is 0 Å². The van der Waals surface area contributed by atoms with Gasteiger partial charge in [0.05, 0.1) is 43.6 Å². The molecule has 0 aliphatic carbocycles. The Morgan fingerprint density at radius 3 is 1.02 bits per heavy atom. The van der Waals surface area contributed by atoms with Gasteiger partial charge in [0, 0.05) is 19.3 Å². The minimum atomic E-state index is -0.844. The zero-order chi connectivity index (χ0) is 33.8. The Morgan fingerprint density at radius 1 is 0.489 bits per heavy atom. The molecule has 0 aromatic heterocycles. The molecule has 0 saturated heterocycles. The number of aliphatic carboxylic acids is 3. The summed E-state index contributed by atoms with van der Waals surface area (Å²) in [4.78, 5) is 34.5. The molecule has 7 heteroatoms. The van der Waals surface area contributed by atoms with Crippen molar-refractivity contribution in [1.29, 1.82) is 0 Å². The first-order valence-corrected chi connectivity index (χ1v) is 18.8. The lowest BCUT2D eigenvalue weighted by Gasteiger charge is -2.37. The van der Waals surface area contributed by atoms with Gasteiger partial charge in [-0.2, -0.15) is 0 Å². The molecule has 7 nitrogen and oxygen atoms in total. The summed E-state index contributed by atoms with van der Waals surface area (Å²) in [5, 5.41) is 28.3. The first-order valence-electron chi connectivity index (χ1n) is 18.8. The van der Waals surface area contributed by atoms with E-state index in [9.17, 15) is 29.7 Å². The van der Waals surface area contributed by atoms with Crippen LogP contribution in [0.5, 0.6) is 0 Å². The van der Waals surface area contributed by atoms with Crippen LogP contribution in [0.15, 0.2) is 12.3 Å². The summed E-state index contributed by atoms with van der Waals surface area (Å²) in [5.41, 5.74) is 0. The number of hydrogen-bond donors (Lipinski definition) is 3. The van der Waals surface area contributed by atoms with Crippen LogP contribution in [-0.4, -0.2) is 57.3 Å². The van der Waals surface area contributed by atoms with Gasteiger partial charge < -0.3 is 15.3 Å². The molecule has 0 radical (unpaired) electrons. The average Bonchev–Trinajstić information content (AvgIpc) is 3.01. The van der Waals surface area contributed by atoms with Crippen molar-refractivity contribution in [2.75, 3.05) is 19.6 Å². The number of carbonyl (C=O) groups is 3. The van der Waals surface area contributed by atoms with Crippen molar-refractivity contribution in [2.45, 2.75) is 175 Å². The van der Waals surface area contributed by atoms with Crippen LogP contribution in [0.2, 0.25) is 0 Å². The zero-order valence-corrected chi connectivity index (χ0v) is 29.8. The fourth-order valence-corrected chi connectivity index (χ4v) is 5.92. The molecule has 0 aromatic carbocycles. The summed E-state index contributed by atoms with van der Waals surface area (Å²) in [6.45, 7) is 9.03. The molecule has 0 amide bonds. The van der Waals surface area contributed by atoms with E-state index in [0.717, 1.165) is 12.8 Å². The number of quaternary nitrogens is 1. The van der Waals surface area contributed by atoms with Gasteiger partial charge in [-0.25, -0.2) is 0 Å². The normalized spacial score (nSPS) is 15.1. The number of rotatable bonds is 33. The van der Waals surface area contributed by atoms with E-state index in [1.165, 1.54) is 116 Å². The smallest absolute Gasteiger partial charge is 0.306 e. The summed E-state index contributed by atoms with van der Waals surface area (Å²) in [6, 6.07) is 0. The van der Waals surface area contributed by atoms with Gasteiger partial charge in [0.1, 0.15) is 0 Å². The van der Waals surface area contributed by atoms with E-state index in [2.05, 4.69) is 19.2 Å². The largest absolute Gasteiger partial charge is 0.481 e. The van der Waals surface area contributed by atoms with Gasteiger partial charge >= 0.3 is 17.9 Å². The highest BCUT2D eigenvalue weighted by atomic mass is 16.4. The van der Waals surface area contributed by atoms with Crippen molar-refractivity contribution in [3.8, 4) is 0 Å². The van der Waals surface area contributed by atoms with Crippen molar-refractivity contribution in [3.63, 3.8) is 0 Å². The van der Waals surface area contributed by atoms with Crippen molar-refractivity contribution < 1.29 is 34.2 Å². The van der Waals surface area contributed by atoms with Crippen LogP contribution in [0.25, 0.3) is 0 Å². The van der Waals surface area contributed by atoms with Gasteiger partial charge in [-0.1, -0.05) is 143 Å². The molecular weight excluding hydrogens is 566 g/mol. The second kappa shape index (κ2) is 28.3. The monoisotopic (exact) mass is 639 g/mol. The molecular formula is C38H72NO6+. The Morgan fingerprint density at radius 2 is 0.756 bits per heavy atom. The highest BCUT2D eigenvalue weighted by molar-refractivity contribution is 5.70. The van der Waals surface area contributed by atoms with Crippen LogP contribution in [-0.2, 0) is 14.4 Å². The van der Waals surface area contributed by atoms with Crippen LogP contribution in [0.3, 0.4) is 0 Å². The minimum absolute atomic E-state index is 0.436. The summed E-state index contributed by atoms with van der Waals surface area (Å²) in [5.74, 6) is -4.06. The maximum Gasteiger partial charge on any atom is 0.306 e. The first-order chi connectivity index (χ1) is 21.5. The van der Waals surface area contributed by atoms with Crippen LogP contribution in [0.4, 0.5) is 0 Å².